The number of aromatic nitrogens is 1. The average molecular weight is 395 g/mol. The van der Waals surface area contributed by atoms with E-state index in [1.807, 2.05) is 0 Å². The third-order valence-corrected chi connectivity index (χ3v) is 5.07. The first-order valence-corrected chi connectivity index (χ1v) is 9.02. The number of nitrogens with one attached hydrogen (secondary N) is 1. The SMILES string of the molecule is Cc1cc(F)ccc1NC(=O)Cc1csc(-c2c(Cl)cccc2Cl)n1. The summed E-state index contributed by atoms with van der Waals surface area (Å²) in [4.78, 5) is 16.7. The molecule has 3 nitrogen and oxygen atoms in total. The van der Waals surface area contributed by atoms with E-state index in [1.165, 1.54) is 23.5 Å². The molecule has 0 bridgehead atoms. The van der Waals surface area contributed by atoms with Crippen molar-refractivity contribution in [2.75, 3.05) is 5.32 Å². The first-order chi connectivity index (χ1) is 11.9. The van der Waals surface area contributed by atoms with E-state index in [-0.39, 0.29) is 18.1 Å². The largest absolute Gasteiger partial charge is 0.326 e. The van der Waals surface area contributed by atoms with Gasteiger partial charge >= 0.3 is 0 Å². The summed E-state index contributed by atoms with van der Waals surface area (Å²) >= 11 is 13.8. The number of rotatable bonds is 4. The lowest BCUT2D eigenvalue weighted by molar-refractivity contribution is -0.115. The number of hydrogen-bond donors (Lipinski definition) is 1. The predicted octanol–water partition coefficient (Wildman–Crippen LogP) is 5.75. The third-order valence-electron chi connectivity index (χ3n) is 3.53. The summed E-state index contributed by atoms with van der Waals surface area (Å²) in [6.07, 6.45) is 0.107. The molecule has 0 radical (unpaired) electrons. The Kier molecular flexibility index (Phi) is 5.37. The summed E-state index contributed by atoms with van der Waals surface area (Å²) in [5.41, 5.74) is 2.52. The van der Waals surface area contributed by atoms with E-state index in [0.717, 1.165) is 0 Å². The van der Waals surface area contributed by atoms with Gasteiger partial charge in [0.1, 0.15) is 10.8 Å². The van der Waals surface area contributed by atoms with Crippen molar-refractivity contribution in [1.82, 2.24) is 4.98 Å². The molecular formula is C18H13Cl2FN2OS. The summed E-state index contributed by atoms with van der Waals surface area (Å²) in [7, 11) is 0. The normalized spacial score (nSPS) is 10.7. The second kappa shape index (κ2) is 7.52. The Bertz CT molecular complexity index is 922. The van der Waals surface area contributed by atoms with Gasteiger partial charge in [0.05, 0.1) is 22.2 Å². The van der Waals surface area contributed by atoms with Gasteiger partial charge in [0.15, 0.2) is 0 Å². The summed E-state index contributed by atoms with van der Waals surface area (Å²) in [5.74, 6) is -0.562. The maximum absolute atomic E-state index is 13.1. The van der Waals surface area contributed by atoms with Gasteiger partial charge in [-0.3, -0.25) is 4.79 Å². The minimum absolute atomic E-state index is 0.107. The molecule has 0 saturated carbocycles. The Hall–Kier alpha value is -1.95. The fraction of sp³-hybridized carbons (Fsp3) is 0.111. The van der Waals surface area contributed by atoms with Gasteiger partial charge in [-0.2, -0.15) is 0 Å². The maximum atomic E-state index is 13.1. The minimum atomic E-state index is -0.337. The maximum Gasteiger partial charge on any atom is 0.230 e. The van der Waals surface area contributed by atoms with Crippen LogP contribution in [0, 0.1) is 12.7 Å². The molecule has 1 aromatic heterocycles. The number of amides is 1. The van der Waals surface area contributed by atoms with Crippen LogP contribution in [0.3, 0.4) is 0 Å². The highest BCUT2D eigenvalue weighted by Crippen LogP contribution is 2.36. The molecule has 0 aliphatic rings. The van der Waals surface area contributed by atoms with Gasteiger partial charge in [0.2, 0.25) is 5.91 Å². The van der Waals surface area contributed by atoms with Crippen molar-refractivity contribution >= 4 is 46.1 Å². The van der Waals surface area contributed by atoms with Crippen LogP contribution in [0.25, 0.3) is 10.6 Å². The monoisotopic (exact) mass is 394 g/mol. The van der Waals surface area contributed by atoms with Gasteiger partial charge in [-0.15, -0.1) is 11.3 Å². The van der Waals surface area contributed by atoms with Gasteiger partial charge in [-0.25, -0.2) is 9.37 Å². The summed E-state index contributed by atoms with van der Waals surface area (Å²) in [6, 6.07) is 9.47. The average Bonchev–Trinajstić information content (AvgIpc) is 2.98. The molecule has 7 heteroatoms. The second-order valence-electron chi connectivity index (χ2n) is 5.42. The quantitative estimate of drug-likeness (QED) is 0.612. The van der Waals surface area contributed by atoms with Crippen LogP contribution in [-0.4, -0.2) is 10.9 Å². The zero-order valence-electron chi connectivity index (χ0n) is 13.1. The van der Waals surface area contributed by atoms with Crippen molar-refractivity contribution in [1.29, 1.82) is 0 Å². The molecular weight excluding hydrogens is 382 g/mol. The molecule has 1 amide bonds. The van der Waals surface area contributed by atoms with Crippen molar-refractivity contribution in [3.8, 4) is 10.6 Å². The fourth-order valence-corrected chi connectivity index (χ4v) is 3.91. The topological polar surface area (TPSA) is 42.0 Å². The van der Waals surface area contributed by atoms with E-state index in [9.17, 15) is 9.18 Å². The number of aryl methyl sites for hydroxylation is 1. The molecule has 3 aromatic rings. The van der Waals surface area contributed by atoms with Gasteiger partial charge in [-0.05, 0) is 42.8 Å². The van der Waals surface area contributed by atoms with Crippen LogP contribution in [0.2, 0.25) is 10.0 Å². The molecule has 2 aromatic carbocycles. The Morgan fingerprint density at radius 1 is 1.24 bits per heavy atom. The molecule has 0 aliphatic carbocycles. The number of halogens is 3. The zero-order valence-corrected chi connectivity index (χ0v) is 15.5. The standard InChI is InChI=1S/C18H13Cl2FN2OS/c1-10-7-11(21)5-6-15(10)23-16(24)8-12-9-25-18(22-12)17-13(19)3-2-4-14(17)20/h2-7,9H,8H2,1H3,(H,23,24). The molecule has 0 aliphatic heterocycles. The van der Waals surface area contributed by atoms with E-state index < -0.39 is 0 Å². The number of thiazole rings is 1. The first kappa shape index (κ1) is 17.9. The Labute approximate surface area is 158 Å². The highest BCUT2D eigenvalue weighted by atomic mass is 35.5. The van der Waals surface area contributed by atoms with Crippen molar-refractivity contribution in [2.45, 2.75) is 13.3 Å². The molecule has 1 N–H and O–H groups in total. The molecule has 0 spiro atoms. The fourth-order valence-electron chi connectivity index (χ4n) is 2.33. The lowest BCUT2D eigenvalue weighted by atomic mass is 10.2. The van der Waals surface area contributed by atoms with Crippen molar-refractivity contribution in [3.05, 3.63) is 68.9 Å². The summed E-state index contributed by atoms with van der Waals surface area (Å²) in [5, 5.41) is 6.25. The van der Waals surface area contributed by atoms with Crippen LogP contribution >= 0.6 is 34.5 Å². The Morgan fingerprint density at radius 2 is 1.96 bits per heavy atom. The lowest BCUT2D eigenvalue weighted by Gasteiger charge is -2.07. The molecule has 0 saturated heterocycles. The van der Waals surface area contributed by atoms with Gasteiger partial charge in [0, 0.05) is 16.6 Å². The smallest absolute Gasteiger partial charge is 0.230 e. The molecule has 0 unspecified atom stereocenters. The predicted molar refractivity (Wildman–Crippen MR) is 101 cm³/mol. The van der Waals surface area contributed by atoms with Crippen molar-refractivity contribution in [3.63, 3.8) is 0 Å². The minimum Gasteiger partial charge on any atom is -0.326 e. The Balaban J connectivity index is 1.74. The van der Waals surface area contributed by atoms with Crippen LogP contribution in [-0.2, 0) is 11.2 Å². The van der Waals surface area contributed by atoms with Crippen molar-refractivity contribution in [2.24, 2.45) is 0 Å². The third kappa shape index (κ3) is 4.18. The number of carbonyl (C=O) groups is 1. The van der Waals surface area contributed by atoms with E-state index in [2.05, 4.69) is 10.3 Å². The van der Waals surface area contributed by atoms with Gasteiger partial charge < -0.3 is 5.32 Å². The number of benzene rings is 2. The van der Waals surface area contributed by atoms with Crippen LogP contribution < -0.4 is 5.32 Å². The molecule has 1 heterocycles. The van der Waals surface area contributed by atoms with Gasteiger partial charge in [-0.1, -0.05) is 29.3 Å². The molecule has 3 rings (SSSR count). The number of nitrogens with zero attached hydrogens (tertiary/aromatic N) is 1. The number of hydrogen-bond acceptors (Lipinski definition) is 3. The highest BCUT2D eigenvalue weighted by Gasteiger charge is 2.14. The van der Waals surface area contributed by atoms with Gasteiger partial charge in [0.25, 0.3) is 0 Å². The second-order valence-corrected chi connectivity index (χ2v) is 7.10. The van der Waals surface area contributed by atoms with Crippen LogP contribution in [0.5, 0.6) is 0 Å². The number of carbonyl (C=O) groups excluding carboxylic acids is 1. The van der Waals surface area contributed by atoms with Crippen LogP contribution in [0.15, 0.2) is 41.8 Å². The van der Waals surface area contributed by atoms with Crippen LogP contribution in [0.1, 0.15) is 11.3 Å². The summed E-state index contributed by atoms with van der Waals surface area (Å²) < 4.78 is 13.1. The zero-order chi connectivity index (χ0) is 18.0. The highest BCUT2D eigenvalue weighted by molar-refractivity contribution is 7.13. The summed E-state index contributed by atoms with van der Waals surface area (Å²) in [6.45, 7) is 1.74. The Morgan fingerprint density at radius 3 is 2.64 bits per heavy atom. The van der Waals surface area contributed by atoms with E-state index in [0.29, 0.717) is 37.6 Å². The van der Waals surface area contributed by atoms with E-state index >= 15 is 0 Å². The van der Waals surface area contributed by atoms with Crippen molar-refractivity contribution < 1.29 is 9.18 Å². The lowest BCUT2D eigenvalue weighted by Crippen LogP contribution is -2.15. The van der Waals surface area contributed by atoms with E-state index in [4.69, 9.17) is 23.2 Å². The molecule has 128 valence electrons. The first-order valence-electron chi connectivity index (χ1n) is 7.39. The number of anilines is 1. The molecule has 0 atom stereocenters. The van der Waals surface area contributed by atoms with E-state index in [1.54, 1.807) is 36.6 Å². The molecule has 0 fully saturated rings. The van der Waals surface area contributed by atoms with Crippen LogP contribution in [0.4, 0.5) is 10.1 Å². The molecule has 25 heavy (non-hydrogen) atoms.